The number of rotatable bonds is 28. The summed E-state index contributed by atoms with van der Waals surface area (Å²) in [5.41, 5.74) is 7.09. The van der Waals surface area contributed by atoms with Gasteiger partial charge < -0.3 is 68.6 Å². The van der Waals surface area contributed by atoms with Crippen molar-refractivity contribution < 1.29 is 58.5 Å². The Balaban J connectivity index is 1.55. The Kier molecular flexibility index (Phi) is 21.0. The van der Waals surface area contributed by atoms with Gasteiger partial charge in [-0.1, -0.05) is 38.5 Å². The maximum absolute atomic E-state index is 14.3. The zero-order valence-electron chi connectivity index (χ0n) is 38.3. The number of aliphatic imine (C=N–C) groups is 2. The van der Waals surface area contributed by atoms with Crippen LogP contribution >= 0.6 is 0 Å². The predicted octanol–water partition coefficient (Wildman–Crippen LogP) is -2.53. The van der Waals surface area contributed by atoms with Gasteiger partial charge in [-0.05, 0) is 69.7 Å². The zero-order chi connectivity index (χ0) is 49.9. The molecule has 2 aliphatic heterocycles. The quantitative estimate of drug-likeness (QED) is 0.0392. The number of benzene rings is 1. The molecule has 1 aromatic heterocycles. The number of aromatic amines is 1. The molecule has 14 N–H and O–H groups in total. The number of aromatic nitrogens is 1. The van der Waals surface area contributed by atoms with E-state index in [0.717, 1.165) is 17.3 Å². The lowest BCUT2D eigenvalue weighted by molar-refractivity contribution is -0.147. The summed E-state index contributed by atoms with van der Waals surface area (Å²) in [5.74, 6) is -9.22. The van der Waals surface area contributed by atoms with Crippen LogP contribution in [0.3, 0.4) is 0 Å². The summed E-state index contributed by atoms with van der Waals surface area (Å²) in [6.07, 6.45) is 4.41. The third-order valence-electron chi connectivity index (χ3n) is 11.7. The minimum atomic E-state index is -1.78. The van der Waals surface area contributed by atoms with Gasteiger partial charge in [0.05, 0.1) is 31.2 Å². The van der Waals surface area contributed by atoms with Crippen molar-refractivity contribution in [1.29, 1.82) is 0 Å². The van der Waals surface area contributed by atoms with E-state index in [1.54, 1.807) is 44.3 Å². The maximum atomic E-state index is 14.3. The standard InChI is InChI=1S/C44H64N12O12/c1-4-23(2)36(55-41(64)32(17-26-20-46-22-50-26)54-43(66)37(24(3)57)56-39(62)29-13-9-15-47-29)42(65)52-30(12-7-8-14-45)40(63)53-31(16-25-19-48-28-11-6-5-10-27(25)28)38(61)49-21-34(58)51-33(44(67)68)18-35(59)60/h5-6,10-11,19-20,22-24,26,29-33,36-37,47-48,57H,4,7-9,12-18,21,45H2,1-3H3,(H,49,61)(H,51,58)(H,52,65)(H,53,63)(H,54,66)(H,55,64)(H,56,62)(H,59,60)(H,67,68)/t23-,24+,26?,29-,30-,31-,32-,33-,36-,37-/m0/s1. The van der Waals surface area contributed by atoms with Crippen molar-refractivity contribution in [3.8, 4) is 0 Å². The maximum Gasteiger partial charge on any atom is 0.326 e. The monoisotopic (exact) mass is 952 g/mol. The van der Waals surface area contributed by atoms with Gasteiger partial charge in [0.15, 0.2) is 0 Å². The van der Waals surface area contributed by atoms with E-state index >= 15 is 0 Å². The molecule has 3 heterocycles. The van der Waals surface area contributed by atoms with Crippen LogP contribution in [0, 0.1) is 5.92 Å². The van der Waals surface area contributed by atoms with Crippen LogP contribution in [-0.2, 0) is 49.6 Å². The lowest BCUT2D eigenvalue weighted by atomic mass is 9.96. The van der Waals surface area contributed by atoms with E-state index in [1.165, 1.54) is 19.5 Å². The second-order valence-electron chi connectivity index (χ2n) is 16.9. The number of nitrogens with one attached hydrogen (secondary N) is 9. The predicted molar refractivity (Wildman–Crippen MR) is 247 cm³/mol. The first-order chi connectivity index (χ1) is 32.4. The van der Waals surface area contributed by atoms with Crippen LogP contribution in [0.2, 0.25) is 0 Å². The van der Waals surface area contributed by atoms with E-state index in [1.807, 2.05) is 5.32 Å². The zero-order valence-corrected chi connectivity index (χ0v) is 38.3. The van der Waals surface area contributed by atoms with Crippen molar-refractivity contribution in [3.05, 3.63) is 36.0 Å². The molecule has 0 radical (unpaired) electrons. The van der Waals surface area contributed by atoms with Crippen molar-refractivity contribution in [2.45, 2.75) is 133 Å². The Hall–Kier alpha value is -6.79. The van der Waals surface area contributed by atoms with Gasteiger partial charge in [-0.15, -0.1) is 0 Å². The van der Waals surface area contributed by atoms with E-state index in [-0.39, 0.29) is 25.8 Å². The number of fused-ring (bicyclic) bond motifs is 1. The summed E-state index contributed by atoms with van der Waals surface area (Å²) >= 11 is 0. The second-order valence-corrected chi connectivity index (χ2v) is 16.9. The Morgan fingerprint density at radius 2 is 1.51 bits per heavy atom. The number of para-hydroxylation sites is 1. The largest absolute Gasteiger partial charge is 0.481 e. The van der Waals surface area contributed by atoms with Crippen molar-refractivity contribution in [1.82, 2.24) is 47.5 Å². The molecule has 2 aromatic rings. The Morgan fingerprint density at radius 1 is 0.824 bits per heavy atom. The molecular weight excluding hydrogens is 889 g/mol. The van der Waals surface area contributed by atoms with Crippen LogP contribution in [0.25, 0.3) is 10.9 Å². The smallest absolute Gasteiger partial charge is 0.326 e. The highest BCUT2D eigenvalue weighted by Gasteiger charge is 2.37. The number of nitrogens with zero attached hydrogens (tertiary/aromatic N) is 2. The molecule has 2 aliphatic rings. The molecule has 24 heteroatoms. The highest BCUT2D eigenvalue weighted by atomic mass is 16.4. The molecular formula is C44H64N12O12. The minimum Gasteiger partial charge on any atom is -0.481 e. The molecule has 0 bridgehead atoms. The summed E-state index contributed by atoms with van der Waals surface area (Å²) in [6.45, 7) is 4.90. The van der Waals surface area contributed by atoms with Crippen molar-refractivity contribution in [2.75, 3.05) is 19.6 Å². The summed E-state index contributed by atoms with van der Waals surface area (Å²) in [6, 6.07) is -2.54. The van der Waals surface area contributed by atoms with Gasteiger partial charge in [0.1, 0.15) is 42.6 Å². The number of carbonyl (C=O) groups is 9. The van der Waals surface area contributed by atoms with Crippen LogP contribution < -0.4 is 48.3 Å². The molecule has 1 fully saturated rings. The number of carbonyl (C=O) groups excluding carboxylic acids is 7. The van der Waals surface area contributed by atoms with Crippen molar-refractivity contribution >= 4 is 76.7 Å². The average Bonchev–Trinajstić information content (AvgIpc) is 4.11. The fraction of sp³-hybridized carbons (Fsp3) is 0.568. The third-order valence-corrected chi connectivity index (χ3v) is 11.7. The Bertz CT molecular complexity index is 2160. The van der Waals surface area contributed by atoms with Crippen LogP contribution in [0.15, 0.2) is 40.4 Å². The van der Waals surface area contributed by atoms with E-state index in [9.17, 15) is 53.4 Å². The highest BCUT2D eigenvalue weighted by molar-refractivity contribution is 5.98. The van der Waals surface area contributed by atoms with Crippen molar-refractivity contribution in [2.24, 2.45) is 21.6 Å². The number of aliphatic hydroxyl groups excluding tert-OH is 1. The first-order valence-corrected chi connectivity index (χ1v) is 22.7. The number of carboxylic acid groups (broad SMARTS) is 2. The lowest BCUT2D eigenvalue weighted by Gasteiger charge is -2.30. The Morgan fingerprint density at radius 3 is 2.15 bits per heavy atom. The topological polar surface area (TPSA) is 377 Å². The van der Waals surface area contributed by atoms with Gasteiger partial charge in [-0.3, -0.25) is 43.3 Å². The molecule has 0 spiro atoms. The molecule has 1 saturated heterocycles. The van der Waals surface area contributed by atoms with Crippen LogP contribution in [0.1, 0.15) is 77.7 Å². The molecule has 7 amide bonds. The first-order valence-electron chi connectivity index (χ1n) is 22.7. The van der Waals surface area contributed by atoms with Gasteiger partial charge in [-0.2, -0.15) is 0 Å². The van der Waals surface area contributed by atoms with E-state index in [0.29, 0.717) is 37.8 Å². The molecule has 24 nitrogen and oxygen atoms in total. The fourth-order valence-electron chi connectivity index (χ4n) is 7.62. The van der Waals surface area contributed by atoms with Gasteiger partial charge in [0, 0.05) is 36.2 Å². The summed E-state index contributed by atoms with van der Waals surface area (Å²) in [5, 5.41) is 50.4. The van der Waals surface area contributed by atoms with Gasteiger partial charge in [0.25, 0.3) is 0 Å². The number of hydrogen-bond acceptors (Lipinski definition) is 14. The lowest BCUT2D eigenvalue weighted by Crippen LogP contribution is -2.62. The number of nitrogens with two attached hydrogens (primary N) is 1. The van der Waals surface area contributed by atoms with Gasteiger partial charge in [0.2, 0.25) is 41.4 Å². The SMILES string of the molecule is CC[C@H](C)[C@H](NC(=O)[C@H](CC1C=NC=N1)NC(=O)[C@@H](NC(=O)[C@@H]1CCCN1)[C@@H](C)O)C(=O)N[C@@H](CCCCN)C(=O)N[C@@H](Cc1c[nH]c2ccccc12)C(=O)NCC(=O)N[C@@H](CC(=O)O)C(=O)O. The second kappa shape index (κ2) is 26.5. The minimum absolute atomic E-state index is 0.0421. The number of aliphatic hydroxyl groups is 1. The van der Waals surface area contributed by atoms with E-state index in [4.69, 9.17) is 10.8 Å². The number of H-pyrrole nitrogens is 1. The number of aliphatic carboxylic acids is 2. The van der Waals surface area contributed by atoms with Crippen LogP contribution in [-0.4, -0.2) is 160 Å². The Labute approximate surface area is 392 Å². The molecule has 0 aliphatic carbocycles. The molecule has 372 valence electrons. The summed E-state index contributed by atoms with van der Waals surface area (Å²) < 4.78 is 0. The molecule has 68 heavy (non-hydrogen) atoms. The van der Waals surface area contributed by atoms with Crippen LogP contribution in [0.4, 0.5) is 0 Å². The summed E-state index contributed by atoms with van der Waals surface area (Å²) in [4.78, 5) is 130. The van der Waals surface area contributed by atoms with E-state index in [2.05, 4.69) is 52.2 Å². The molecule has 4 rings (SSSR count). The number of unbranched alkanes of at least 4 members (excludes halogenated alkanes) is 1. The number of amides is 7. The average molecular weight is 953 g/mol. The van der Waals surface area contributed by atoms with Crippen LogP contribution in [0.5, 0.6) is 0 Å². The highest BCUT2D eigenvalue weighted by Crippen LogP contribution is 2.20. The number of carboxylic acids is 2. The van der Waals surface area contributed by atoms with Crippen molar-refractivity contribution in [3.63, 3.8) is 0 Å². The normalized spacial score (nSPS) is 18.7. The molecule has 10 atom stereocenters. The number of hydrogen-bond donors (Lipinski definition) is 13. The summed E-state index contributed by atoms with van der Waals surface area (Å²) in [7, 11) is 0. The van der Waals surface area contributed by atoms with Gasteiger partial charge >= 0.3 is 11.9 Å². The fourth-order valence-corrected chi connectivity index (χ4v) is 7.62. The van der Waals surface area contributed by atoms with Gasteiger partial charge in [-0.25, -0.2) is 9.79 Å². The first kappa shape index (κ1) is 53.8. The molecule has 0 saturated carbocycles. The van der Waals surface area contributed by atoms with E-state index < -0.39 is 127 Å². The molecule has 1 aromatic carbocycles. The third kappa shape index (κ3) is 16.2. The molecule has 1 unspecified atom stereocenters.